The molecule has 22 heavy (non-hydrogen) atoms. The van der Waals surface area contributed by atoms with Gasteiger partial charge in [-0.05, 0) is 20.3 Å². The lowest BCUT2D eigenvalue weighted by Gasteiger charge is -2.15. The summed E-state index contributed by atoms with van der Waals surface area (Å²) in [5.74, 6) is 0.195. The van der Waals surface area contributed by atoms with E-state index < -0.39 is 5.54 Å². The van der Waals surface area contributed by atoms with E-state index in [9.17, 15) is 4.79 Å². The van der Waals surface area contributed by atoms with Crippen LogP contribution >= 0.6 is 0 Å². The van der Waals surface area contributed by atoms with Gasteiger partial charge in [-0.15, -0.1) is 0 Å². The zero-order valence-corrected chi connectivity index (χ0v) is 14.7. The van der Waals surface area contributed by atoms with Gasteiger partial charge >= 0.3 is 5.97 Å². The molecule has 0 radical (unpaired) electrons. The molecule has 0 aromatic carbocycles. The van der Waals surface area contributed by atoms with E-state index in [4.69, 9.17) is 4.74 Å². The van der Waals surface area contributed by atoms with Gasteiger partial charge < -0.3 is 4.74 Å². The van der Waals surface area contributed by atoms with Gasteiger partial charge in [-0.3, -0.25) is 0 Å². The summed E-state index contributed by atoms with van der Waals surface area (Å²) in [7, 11) is 0. The minimum Gasteiger partial charge on any atom is -0.406 e. The van der Waals surface area contributed by atoms with Crippen LogP contribution in [0, 0.1) is 0 Å². The summed E-state index contributed by atoms with van der Waals surface area (Å²) in [5, 5.41) is 0. The highest BCUT2D eigenvalue weighted by atomic mass is 16.6. The minimum absolute atomic E-state index is 0.221. The maximum absolute atomic E-state index is 11.9. The average Bonchev–Trinajstić information content (AvgIpc) is 2.77. The predicted octanol–water partition coefficient (Wildman–Crippen LogP) is 5.59. The van der Waals surface area contributed by atoms with Crippen molar-refractivity contribution in [2.75, 3.05) is 0 Å². The number of rotatable bonds is 12. The first-order valence-electron chi connectivity index (χ1n) is 8.97. The Morgan fingerprint density at radius 1 is 1.05 bits per heavy atom. The highest BCUT2D eigenvalue weighted by Gasteiger charge is 2.40. The van der Waals surface area contributed by atoms with Gasteiger partial charge in [-0.25, -0.2) is 9.79 Å². The average molecular weight is 307 g/mol. The lowest BCUT2D eigenvalue weighted by molar-refractivity contribution is -0.138. The van der Waals surface area contributed by atoms with Crippen molar-refractivity contribution in [2.24, 2.45) is 4.99 Å². The molecule has 0 saturated heterocycles. The van der Waals surface area contributed by atoms with Crippen molar-refractivity contribution in [2.45, 2.75) is 96.9 Å². The number of esters is 1. The van der Waals surface area contributed by atoms with Crippen LogP contribution in [0.5, 0.6) is 0 Å². The maximum atomic E-state index is 11.9. The fourth-order valence-electron chi connectivity index (χ4n) is 2.79. The van der Waals surface area contributed by atoms with E-state index in [0.717, 1.165) is 18.4 Å². The number of ether oxygens (including phenoxy) is 1. The van der Waals surface area contributed by atoms with Crippen molar-refractivity contribution in [3.8, 4) is 0 Å². The molecule has 1 atom stereocenters. The number of hydrogen-bond acceptors (Lipinski definition) is 3. The summed E-state index contributed by atoms with van der Waals surface area (Å²) >= 11 is 0. The van der Waals surface area contributed by atoms with Crippen LogP contribution in [0.4, 0.5) is 0 Å². The van der Waals surface area contributed by atoms with Crippen LogP contribution in [-0.4, -0.2) is 17.4 Å². The molecular weight excluding hydrogens is 274 g/mol. The number of aliphatic imine (C=N–C) groups is 1. The van der Waals surface area contributed by atoms with Gasteiger partial charge in [0.15, 0.2) is 5.54 Å². The van der Waals surface area contributed by atoms with Crippen molar-refractivity contribution in [1.82, 2.24) is 0 Å². The molecular formula is C19H33NO2. The number of nitrogens with zero attached hydrogens (tertiary/aromatic N) is 1. The van der Waals surface area contributed by atoms with Gasteiger partial charge in [0, 0.05) is 5.57 Å². The number of cyclic esters (lactones) is 1. The fourth-order valence-corrected chi connectivity index (χ4v) is 2.79. The van der Waals surface area contributed by atoms with Gasteiger partial charge in [0.2, 0.25) is 5.90 Å². The molecule has 1 aliphatic rings. The van der Waals surface area contributed by atoms with E-state index in [2.05, 4.69) is 18.5 Å². The zero-order valence-electron chi connectivity index (χ0n) is 14.7. The Labute approximate surface area is 136 Å². The molecule has 0 fully saturated rings. The number of carbonyl (C=O) groups is 1. The topological polar surface area (TPSA) is 38.7 Å². The Bertz CT molecular complexity index is 400. The van der Waals surface area contributed by atoms with Gasteiger partial charge in [0.05, 0.1) is 0 Å². The molecule has 0 unspecified atom stereocenters. The van der Waals surface area contributed by atoms with Crippen LogP contribution in [0.15, 0.2) is 17.1 Å². The van der Waals surface area contributed by atoms with Gasteiger partial charge in [0.1, 0.15) is 0 Å². The van der Waals surface area contributed by atoms with E-state index in [1.165, 1.54) is 57.8 Å². The van der Waals surface area contributed by atoms with Crippen LogP contribution in [0.25, 0.3) is 0 Å². The van der Waals surface area contributed by atoms with Crippen LogP contribution in [-0.2, 0) is 9.53 Å². The first-order valence-corrected chi connectivity index (χ1v) is 8.97. The molecule has 0 spiro atoms. The van der Waals surface area contributed by atoms with Crippen molar-refractivity contribution in [1.29, 1.82) is 0 Å². The summed E-state index contributed by atoms with van der Waals surface area (Å²) in [5.41, 5.74) is 0.0363. The quantitative estimate of drug-likeness (QED) is 0.348. The third kappa shape index (κ3) is 6.33. The summed E-state index contributed by atoms with van der Waals surface area (Å²) in [6, 6.07) is 0. The molecule has 1 rings (SSSR count). The summed E-state index contributed by atoms with van der Waals surface area (Å²) in [4.78, 5) is 16.3. The minimum atomic E-state index is -0.686. The van der Waals surface area contributed by atoms with E-state index in [-0.39, 0.29) is 5.97 Å². The van der Waals surface area contributed by atoms with Crippen LogP contribution in [0.1, 0.15) is 91.4 Å². The molecule has 0 saturated carbocycles. The molecule has 0 aromatic heterocycles. The first-order chi connectivity index (χ1) is 10.5. The largest absolute Gasteiger partial charge is 0.406 e. The van der Waals surface area contributed by atoms with E-state index in [1.54, 1.807) is 0 Å². The van der Waals surface area contributed by atoms with Crippen molar-refractivity contribution >= 4 is 11.9 Å². The summed E-state index contributed by atoms with van der Waals surface area (Å²) < 4.78 is 5.19. The second kappa shape index (κ2) is 9.81. The van der Waals surface area contributed by atoms with Gasteiger partial charge in [-0.1, -0.05) is 77.7 Å². The molecule has 0 aliphatic carbocycles. The van der Waals surface area contributed by atoms with Crippen LogP contribution in [0.2, 0.25) is 0 Å². The van der Waals surface area contributed by atoms with Crippen molar-refractivity contribution < 1.29 is 9.53 Å². The standard InChI is InChI=1S/C19H33NO2/c1-5-6-7-8-9-10-11-12-13-14-15-19(4)18(21)22-17(20-19)16(2)3/h2,5-15H2,1,3-4H3/t19-/m1/s1. The van der Waals surface area contributed by atoms with Gasteiger partial charge in [0.25, 0.3) is 0 Å². The Kier molecular flexibility index (Phi) is 8.44. The molecule has 1 heterocycles. The predicted molar refractivity (Wildman–Crippen MR) is 93.2 cm³/mol. The molecule has 1 aliphatic heterocycles. The third-order valence-electron chi connectivity index (χ3n) is 4.36. The monoisotopic (exact) mass is 307 g/mol. The van der Waals surface area contributed by atoms with Crippen molar-refractivity contribution in [3.63, 3.8) is 0 Å². The van der Waals surface area contributed by atoms with Crippen LogP contribution < -0.4 is 0 Å². The Morgan fingerprint density at radius 3 is 2.00 bits per heavy atom. The maximum Gasteiger partial charge on any atom is 0.340 e. The number of unbranched alkanes of at least 4 members (excludes halogenated alkanes) is 9. The van der Waals surface area contributed by atoms with E-state index >= 15 is 0 Å². The second-order valence-electron chi connectivity index (χ2n) is 6.79. The lowest BCUT2D eigenvalue weighted by atomic mass is 9.95. The first kappa shape index (κ1) is 18.9. The number of hydrogen-bond donors (Lipinski definition) is 0. The Morgan fingerprint density at radius 2 is 1.55 bits per heavy atom. The highest BCUT2D eigenvalue weighted by Crippen LogP contribution is 2.28. The molecule has 3 heteroatoms. The molecule has 0 N–H and O–H groups in total. The normalized spacial score (nSPS) is 20.9. The third-order valence-corrected chi connectivity index (χ3v) is 4.36. The second-order valence-corrected chi connectivity index (χ2v) is 6.79. The van der Waals surface area contributed by atoms with Crippen LogP contribution in [0.3, 0.4) is 0 Å². The van der Waals surface area contributed by atoms with Crippen molar-refractivity contribution in [3.05, 3.63) is 12.2 Å². The SMILES string of the molecule is C=C(C)C1=N[C@](C)(CCCCCCCCCCCC)C(=O)O1. The zero-order chi connectivity index (χ0) is 16.4. The van der Waals surface area contributed by atoms with Gasteiger partial charge in [-0.2, -0.15) is 0 Å². The molecule has 0 aromatic rings. The van der Waals surface area contributed by atoms with E-state index in [1.807, 2.05) is 13.8 Å². The molecule has 3 nitrogen and oxygen atoms in total. The Balaban J connectivity index is 2.09. The smallest absolute Gasteiger partial charge is 0.340 e. The molecule has 0 amide bonds. The van der Waals surface area contributed by atoms with E-state index in [0.29, 0.717) is 5.90 Å². The molecule has 0 bridgehead atoms. The fraction of sp³-hybridized carbons (Fsp3) is 0.789. The highest BCUT2D eigenvalue weighted by molar-refractivity contribution is 6.06. The molecule has 126 valence electrons. The Hall–Kier alpha value is -1.12. The summed E-state index contributed by atoms with van der Waals surface area (Å²) in [6.07, 6.45) is 13.7. The lowest BCUT2D eigenvalue weighted by Crippen LogP contribution is -2.29. The number of carbonyl (C=O) groups excluding carboxylic acids is 1. The summed E-state index contributed by atoms with van der Waals surface area (Å²) in [6.45, 7) is 9.73.